The van der Waals surface area contributed by atoms with Crippen LogP contribution in [-0.4, -0.2) is 13.1 Å². The minimum atomic E-state index is -0.425. The van der Waals surface area contributed by atoms with Gasteiger partial charge in [-0.1, -0.05) is 30.3 Å². The van der Waals surface area contributed by atoms with E-state index in [2.05, 4.69) is 15.9 Å². The number of halogens is 1. The van der Waals surface area contributed by atoms with Gasteiger partial charge >= 0.3 is 5.97 Å². The van der Waals surface area contributed by atoms with Gasteiger partial charge < -0.3 is 13.9 Å². The van der Waals surface area contributed by atoms with Gasteiger partial charge in [-0.3, -0.25) is 0 Å². The fraction of sp³-hybridized carbons (Fsp3) is 0.105. The lowest BCUT2D eigenvalue weighted by Crippen LogP contribution is -2.04. The predicted octanol–water partition coefficient (Wildman–Crippen LogP) is 5.07. The van der Waals surface area contributed by atoms with Crippen LogP contribution in [0.1, 0.15) is 15.9 Å². The first kappa shape index (κ1) is 16.3. The van der Waals surface area contributed by atoms with Crippen molar-refractivity contribution in [1.29, 1.82) is 0 Å². The third-order valence-electron chi connectivity index (χ3n) is 3.48. The van der Waals surface area contributed by atoms with E-state index in [9.17, 15) is 4.79 Å². The average Bonchev–Trinajstić information content (AvgIpc) is 3.13. The molecule has 0 unspecified atom stereocenters. The summed E-state index contributed by atoms with van der Waals surface area (Å²) >= 11 is 3.50. The molecule has 0 amide bonds. The van der Waals surface area contributed by atoms with Crippen molar-refractivity contribution >= 4 is 21.9 Å². The third-order valence-corrected chi connectivity index (χ3v) is 4.11. The summed E-state index contributed by atoms with van der Waals surface area (Å²) in [7, 11) is 1.35. The van der Waals surface area contributed by atoms with E-state index in [4.69, 9.17) is 13.9 Å². The van der Waals surface area contributed by atoms with E-state index in [1.54, 1.807) is 24.5 Å². The fourth-order valence-corrected chi connectivity index (χ4v) is 2.96. The Bertz CT molecular complexity index is 826. The van der Waals surface area contributed by atoms with Crippen molar-refractivity contribution in [3.05, 3.63) is 76.5 Å². The van der Waals surface area contributed by atoms with Gasteiger partial charge in [0.25, 0.3) is 0 Å². The van der Waals surface area contributed by atoms with Gasteiger partial charge in [-0.15, -0.1) is 0 Å². The predicted molar refractivity (Wildman–Crippen MR) is 94.0 cm³/mol. The summed E-state index contributed by atoms with van der Waals surface area (Å²) in [5.74, 6) is 0.774. The summed E-state index contributed by atoms with van der Waals surface area (Å²) in [6, 6.07) is 16.8. The van der Waals surface area contributed by atoms with Crippen LogP contribution in [0.3, 0.4) is 0 Å². The Morgan fingerprint density at radius 3 is 2.58 bits per heavy atom. The van der Waals surface area contributed by atoms with Crippen molar-refractivity contribution in [1.82, 2.24) is 0 Å². The molecule has 0 bridgehead atoms. The number of rotatable bonds is 5. The number of methoxy groups -OCH3 is 1. The van der Waals surface area contributed by atoms with Crippen LogP contribution >= 0.6 is 15.9 Å². The van der Waals surface area contributed by atoms with Crippen LogP contribution in [0.5, 0.6) is 5.75 Å². The molecule has 0 spiro atoms. The first-order valence-corrected chi connectivity index (χ1v) is 8.11. The minimum Gasteiger partial charge on any atom is -0.488 e. The SMILES string of the molecule is COC(=O)c1cc(Br)c(-c2ccco2)c(OCc2ccccc2)c1. The molecule has 0 saturated heterocycles. The van der Waals surface area contributed by atoms with Gasteiger partial charge in [-0.25, -0.2) is 4.79 Å². The number of hydrogen-bond donors (Lipinski definition) is 0. The van der Waals surface area contributed by atoms with Gasteiger partial charge in [0.05, 0.1) is 24.5 Å². The summed E-state index contributed by atoms with van der Waals surface area (Å²) in [6.07, 6.45) is 1.59. The van der Waals surface area contributed by atoms with Crippen molar-refractivity contribution in [2.75, 3.05) is 7.11 Å². The smallest absolute Gasteiger partial charge is 0.338 e. The van der Waals surface area contributed by atoms with Gasteiger partial charge in [-0.05, 0) is 45.8 Å². The Morgan fingerprint density at radius 2 is 1.92 bits per heavy atom. The molecule has 0 aliphatic rings. The third kappa shape index (κ3) is 3.51. The van der Waals surface area contributed by atoms with Crippen LogP contribution in [-0.2, 0) is 11.3 Å². The molecule has 0 aliphatic heterocycles. The molecule has 1 aromatic heterocycles. The zero-order valence-corrected chi connectivity index (χ0v) is 14.6. The second kappa shape index (κ2) is 7.36. The topological polar surface area (TPSA) is 48.7 Å². The van der Waals surface area contributed by atoms with Crippen LogP contribution < -0.4 is 4.74 Å². The summed E-state index contributed by atoms with van der Waals surface area (Å²) in [4.78, 5) is 11.9. The largest absolute Gasteiger partial charge is 0.488 e. The second-order valence-corrected chi connectivity index (χ2v) is 5.93. The quantitative estimate of drug-likeness (QED) is 0.574. The Labute approximate surface area is 148 Å². The van der Waals surface area contributed by atoms with Crippen LogP contribution in [0.4, 0.5) is 0 Å². The molecule has 122 valence electrons. The van der Waals surface area contributed by atoms with E-state index in [1.807, 2.05) is 36.4 Å². The Kier molecular flexibility index (Phi) is 5.01. The molecule has 2 aromatic carbocycles. The molecule has 1 heterocycles. The molecule has 5 heteroatoms. The van der Waals surface area contributed by atoms with Gasteiger partial charge in [0.1, 0.15) is 18.1 Å². The lowest BCUT2D eigenvalue weighted by atomic mass is 10.1. The van der Waals surface area contributed by atoms with Crippen LogP contribution in [0.2, 0.25) is 0 Å². The molecule has 24 heavy (non-hydrogen) atoms. The van der Waals surface area contributed by atoms with Crippen molar-refractivity contribution in [2.45, 2.75) is 6.61 Å². The molecule has 4 nitrogen and oxygen atoms in total. The van der Waals surface area contributed by atoms with Crippen molar-refractivity contribution in [3.8, 4) is 17.1 Å². The van der Waals surface area contributed by atoms with Crippen molar-refractivity contribution < 1.29 is 18.7 Å². The molecule has 0 fully saturated rings. The summed E-state index contributed by atoms with van der Waals surface area (Å²) < 4.78 is 17.0. The number of carbonyl (C=O) groups excluding carboxylic acids is 1. The molecule has 0 saturated carbocycles. The number of esters is 1. The van der Waals surface area contributed by atoms with Gasteiger partial charge in [0, 0.05) is 4.47 Å². The normalized spacial score (nSPS) is 10.4. The first-order chi connectivity index (χ1) is 11.7. The highest BCUT2D eigenvalue weighted by molar-refractivity contribution is 9.10. The number of ether oxygens (including phenoxy) is 2. The average molecular weight is 387 g/mol. The highest BCUT2D eigenvalue weighted by Crippen LogP contribution is 2.38. The van der Waals surface area contributed by atoms with Crippen molar-refractivity contribution in [2.24, 2.45) is 0 Å². The monoisotopic (exact) mass is 386 g/mol. The Hall–Kier alpha value is -2.53. The standard InChI is InChI=1S/C19H15BrO4/c1-22-19(21)14-10-15(20)18(16-8-5-9-23-16)17(11-14)24-12-13-6-3-2-4-7-13/h2-11H,12H2,1H3. The van der Waals surface area contributed by atoms with E-state index in [-0.39, 0.29) is 0 Å². The van der Waals surface area contributed by atoms with Crippen LogP contribution in [0.25, 0.3) is 11.3 Å². The molecule has 3 rings (SSSR count). The van der Waals surface area contributed by atoms with Gasteiger partial charge in [0.15, 0.2) is 0 Å². The molecular weight excluding hydrogens is 372 g/mol. The molecule has 0 atom stereocenters. The fourth-order valence-electron chi connectivity index (χ4n) is 2.33. The lowest BCUT2D eigenvalue weighted by molar-refractivity contribution is 0.0600. The molecule has 0 aliphatic carbocycles. The van der Waals surface area contributed by atoms with E-state index in [1.165, 1.54) is 7.11 Å². The first-order valence-electron chi connectivity index (χ1n) is 7.31. The summed E-state index contributed by atoms with van der Waals surface area (Å²) in [6.45, 7) is 0.381. The zero-order valence-electron chi connectivity index (χ0n) is 13.0. The second-order valence-electron chi connectivity index (χ2n) is 5.07. The summed E-state index contributed by atoms with van der Waals surface area (Å²) in [5.41, 5.74) is 2.19. The lowest BCUT2D eigenvalue weighted by Gasteiger charge is -2.13. The van der Waals surface area contributed by atoms with E-state index in [0.29, 0.717) is 28.2 Å². The molecule has 0 N–H and O–H groups in total. The number of carbonyl (C=O) groups is 1. The maximum atomic E-state index is 11.9. The Balaban J connectivity index is 2.00. The van der Waals surface area contributed by atoms with Crippen LogP contribution in [0, 0.1) is 0 Å². The highest BCUT2D eigenvalue weighted by atomic mass is 79.9. The summed E-state index contributed by atoms with van der Waals surface area (Å²) in [5, 5.41) is 0. The zero-order chi connectivity index (χ0) is 16.9. The maximum Gasteiger partial charge on any atom is 0.338 e. The molecule has 0 radical (unpaired) electrons. The maximum absolute atomic E-state index is 11.9. The number of benzene rings is 2. The van der Waals surface area contributed by atoms with E-state index in [0.717, 1.165) is 11.1 Å². The number of furan rings is 1. The van der Waals surface area contributed by atoms with Crippen molar-refractivity contribution in [3.63, 3.8) is 0 Å². The van der Waals surface area contributed by atoms with Gasteiger partial charge in [0.2, 0.25) is 0 Å². The van der Waals surface area contributed by atoms with Crippen LogP contribution in [0.15, 0.2) is 69.8 Å². The highest BCUT2D eigenvalue weighted by Gasteiger charge is 2.18. The van der Waals surface area contributed by atoms with Gasteiger partial charge in [-0.2, -0.15) is 0 Å². The Morgan fingerprint density at radius 1 is 1.12 bits per heavy atom. The minimum absolute atomic E-state index is 0.381. The number of hydrogen-bond acceptors (Lipinski definition) is 4. The molecular formula is C19H15BrO4. The van der Waals surface area contributed by atoms with E-state index < -0.39 is 5.97 Å². The molecule has 3 aromatic rings. The van der Waals surface area contributed by atoms with E-state index >= 15 is 0 Å².